The van der Waals surface area contributed by atoms with Crippen LogP contribution >= 0.6 is 0 Å². The normalized spacial score (nSPS) is 20.1. The molecule has 0 bridgehead atoms. The second-order valence-corrected chi connectivity index (χ2v) is 17.6. The molecule has 4 N–H and O–H groups in total. The SMILES string of the molecule is CCCCCCCC/C=C\CCCCCCCCOCC(COC1OC(CO)C(O)C(O)C1O)OC(=O)CCCCCCCCCCCCCCCCCCCCCC. The Balaban J connectivity index is 2.20. The molecule has 0 aromatic rings. The molecule has 1 saturated heterocycles. The summed E-state index contributed by atoms with van der Waals surface area (Å²) in [7, 11) is 0. The second kappa shape index (κ2) is 42.2. The van der Waals surface area contributed by atoms with E-state index in [9.17, 15) is 25.2 Å². The van der Waals surface area contributed by atoms with Gasteiger partial charge in [0.25, 0.3) is 0 Å². The third-order valence-corrected chi connectivity index (χ3v) is 11.9. The lowest BCUT2D eigenvalue weighted by Crippen LogP contribution is -2.59. The molecule has 9 heteroatoms. The Morgan fingerprint density at radius 3 is 1.37 bits per heavy atom. The molecule has 350 valence electrons. The summed E-state index contributed by atoms with van der Waals surface area (Å²) in [5, 5.41) is 40.2. The van der Waals surface area contributed by atoms with E-state index in [1.54, 1.807) is 0 Å². The Morgan fingerprint density at radius 2 is 0.932 bits per heavy atom. The molecule has 0 spiro atoms. The van der Waals surface area contributed by atoms with Crippen molar-refractivity contribution in [2.45, 2.75) is 275 Å². The Hall–Kier alpha value is -1.07. The van der Waals surface area contributed by atoms with Crippen molar-refractivity contribution in [3.8, 4) is 0 Å². The fourth-order valence-electron chi connectivity index (χ4n) is 7.96. The molecule has 0 aromatic carbocycles. The highest BCUT2D eigenvalue weighted by Gasteiger charge is 2.44. The van der Waals surface area contributed by atoms with Crippen LogP contribution in [-0.4, -0.2) is 89.6 Å². The van der Waals surface area contributed by atoms with E-state index in [2.05, 4.69) is 26.0 Å². The van der Waals surface area contributed by atoms with Crippen molar-refractivity contribution in [3.63, 3.8) is 0 Å². The van der Waals surface area contributed by atoms with Crippen LogP contribution in [0.1, 0.15) is 239 Å². The van der Waals surface area contributed by atoms with Crippen LogP contribution in [-0.2, 0) is 23.7 Å². The van der Waals surface area contributed by atoms with E-state index in [0.29, 0.717) is 13.0 Å². The summed E-state index contributed by atoms with van der Waals surface area (Å²) in [5.74, 6) is -0.310. The van der Waals surface area contributed by atoms with Gasteiger partial charge in [-0.25, -0.2) is 0 Å². The molecule has 0 aromatic heterocycles. The number of allylic oxidation sites excluding steroid dienone is 2. The molecule has 6 unspecified atom stereocenters. The van der Waals surface area contributed by atoms with Crippen LogP contribution in [0.5, 0.6) is 0 Å². The smallest absolute Gasteiger partial charge is 0.306 e. The van der Waals surface area contributed by atoms with Gasteiger partial charge in [0.2, 0.25) is 0 Å². The van der Waals surface area contributed by atoms with Crippen molar-refractivity contribution in [2.75, 3.05) is 26.4 Å². The van der Waals surface area contributed by atoms with Crippen molar-refractivity contribution >= 4 is 5.97 Å². The zero-order chi connectivity index (χ0) is 42.9. The number of ether oxygens (including phenoxy) is 4. The molecular formula is C50H96O9. The third-order valence-electron chi connectivity index (χ3n) is 11.9. The predicted molar refractivity (Wildman–Crippen MR) is 243 cm³/mol. The molecule has 1 fully saturated rings. The van der Waals surface area contributed by atoms with E-state index in [-0.39, 0.29) is 19.2 Å². The third kappa shape index (κ3) is 33.2. The summed E-state index contributed by atoms with van der Waals surface area (Å²) in [5.41, 5.74) is 0. The van der Waals surface area contributed by atoms with Crippen molar-refractivity contribution in [2.24, 2.45) is 0 Å². The van der Waals surface area contributed by atoms with Gasteiger partial charge in [0.15, 0.2) is 6.29 Å². The van der Waals surface area contributed by atoms with Crippen LogP contribution in [0.15, 0.2) is 12.2 Å². The molecule has 1 rings (SSSR count). The topological polar surface area (TPSA) is 135 Å². The highest BCUT2D eigenvalue weighted by molar-refractivity contribution is 5.69. The molecule has 0 saturated carbocycles. The van der Waals surface area contributed by atoms with Gasteiger partial charge in [-0.1, -0.05) is 206 Å². The summed E-state index contributed by atoms with van der Waals surface area (Å²) in [4.78, 5) is 12.8. The lowest BCUT2D eigenvalue weighted by molar-refractivity contribution is -0.305. The number of esters is 1. The van der Waals surface area contributed by atoms with Crippen molar-refractivity contribution < 1.29 is 44.2 Å². The Morgan fingerprint density at radius 1 is 0.525 bits per heavy atom. The largest absolute Gasteiger partial charge is 0.457 e. The second-order valence-electron chi connectivity index (χ2n) is 17.6. The summed E-state index contributed by atoms with van der Waals surface area (Å²) < 4.78 is 22.9. The van der Waals surface area contributed by atoms with E-state index >= 15 is 0 Å². The average Bonchev–Trinajstić information content (AvgIpc) is 3.24. The molecular weight excluding hydrogens is 745 g/mol. The number of hydrogen-bond donors (Lipinski definition) is 4. The van der Waals surface area contributed by atoms with Crippen molar-refractivity contribution in [3.05, 3.63) is 12.2 Å². The van der Waals surface area contributed by atoms with Crippen molar-refractivity contribution in [1.82, 2.24) is 0 Å². The lowest BCUT2D eigenvalue weighted by atomic mass is 9.99. The Labute approximate surface area is 363 Å². The summed E-state index contributed by atoms with van der Waals surface area (Å²) in [6.45, 7) is 4.59. The number of aliphatic hydroxyl groups is 4. The number of carbonyl (C=O) groups excluding carboxylic acids is 1. The minimum Gasteiger partial charge on any atom is -0.457 e. The van der Waals surface area contributed by atoms with Crippen LogP contribution in [0.2, 0.25) is 0 Å². The maximum Gasteiger partial charge on any atom is 0.306 e. The first-order valence-corrected chi connectivity index (χ1v) is 25.3. The summed E-state index contributed by atoms with van der Waals surface area (Å²) in [6, 6.07) is 0. The number of aliphatic hydroxyl groups excluding tert-OH is 4. The average molecular weight is 841 g/mol. The fourth-order valence-corrected chi connectivity index (χ4v) is 7.96. The van der Waals surface area contributed by atoms with E-state index in [1.807, 2.05) is 0 Å². The predicted octanol–water partition coefficient (Wildman–Crippen LogP) is 12.0. The maximum absolute atomic E-state index is 12.8. The molecule has 1 aliphatic rings. The molecule has 0 aliphatic carbocycles. The monoisotopic (exact) mass is 841 g/mol. The molecule has 59 heavy (non-hydrogen) atoms. The van der Waals surface area contributed by atoms with Gasteiger partial charge in [-0.15, -0.1) is 0 Å². The van der Waals surface area contributed by atoms with Gasteiger partial charge in [0, 0.05) is 13.0 Å². The standard InChI is InChI=1S/C50H96O9/c1-3-5-7-9-11-13-15-17-19-21-22-23-24-25-27-29-31-33-35-37-39-46(52)58-44(43-57-50-49(55)48(54)47(53)45(41-51)59-50)42-56-40-38-36-34-32-30-28-26-20-18-16-14-12-10-8-6-4-2/h18,20,44-45,47-51,53-55H,3-17,19,21-43H2,1-2H3/b20-18-. The minimum absolute atomic E-state index is 0.110. The lowest BCUT2D eigenvalue weighted by Gasteiger charge is -2.39. The van der Waals surface area contributed by atoms with Gasteiger partial charge >= 0.3 is 5.97 Å². The molecule has 6 atom stereocenters. The molecule has 0 amide bonds. The van der Waals surface area contributed by atoms with E-state index in [4.69, 9.17) is 18.9 Å². The maximum atomic E-state index is 12.8. The first-order valence-electron chi connectivity index (χ1n) is 25.3. The Kier molecular flexibility index (Phi) is 40.1. The van der Waals surface area contributed by atoms with Crippen LogP contribution in [0.3, 0.4) is 0 Å². The van der Waals surface area contributed by atoms with Crippen LogP contribution in [0, 0.1) is 0 Å². The minimum atomic E-state index is -1.53. The molecule has 0 radical (unpaired) electrons. The van der Waals surface area contributed by atoms with Crippen LogP contribution in [0.25, 0.3) is 0 Å². The summed E-state index contributed by atoms with van der Waals surface area (Å²) in [6.07, 6.45) is 41.0. The van der Waals surface area contributed by atoms with Gasteiger partial charge in [-0.05, 0) is 38.5 Å². The quantitative estimate of drug-likeness (QED) is 0.0269. The number of unbranched alkanes of at least 4 members (excludes halogenated alkanes) is 31. The van der Waals surface area contributed by atoms with Gasteiger partial charge < -0.3 is 39.4 Å². The van der Waals surface area contributed by atoms with Gasteiger partial charge in [-0.3, -0.25) is 4.79 Å². The molecule has 9 nitrogen and oxygen atoms in total. The zero-order valence-corrected chi connectivity index (χ0v) is 38.5. The Bertz CT molecular complexity index is 915. The highest BCUT2D eigenvalue weighted by Crippen LogP contribution is 2.23. The van der Waals surface area contributed by atoms with Crippen LogP contribution < -0.4 is 0 Å². The number of rotatable bonds is 44. The zero-order valence-electron chi connectivity index (χ0n) is 38.5. The first-order chi connectivity index (χ1) is 28.9. The number of hydrogen-bond acceptors (Lipinski definition) is 9. The fraction of sp³-hybridized carbons (Fsp3) is 0.940. The van der Waals surface area contributed by atoms with Crippen molar-refractivity contribution in [1.29, 1.82) is 0 Å². The first kappa shape index (κ1) is 55.9. The van der Waals surface area contributed by atoms with Crippen LogP contribution in [0.4, 0.5) is 0 Å². The van der Waals surface area contributed by atoms with Gasteiger partial charge in [-0.2, -0.15) is 0 Å². The number of carbonyl (C=O) groups is 1. The van der Waals surface area contributed by atoms with E-state index in [0.717, 1.165) is 32.1 Å². The highest BCUT2D eigenvalue weighted by atomic mass is 16.7. The summed E-state index contributed by atoms with van der Waals surface area (Å²) >= 11 is 0. The molecule has 1 aliphatic heterocycles. The van der Waals surface area contributed by atoms with Gasteiger partial charge in [0.05, 0.1) is 19.8 Å². The van der Waals surface area contributed by atoms with E-state index < -0.39 is 43.4 Å². The van der Waals surface area contributed by atoms with Gasteiger partial charge in [0.1, 0.15) is 30.5 Å². The molecule has 1 heterocycles. The van der Waals surface area contributed by atoms with E-state index in [1.165, 1.54) is 186 Å².